The quantitative estimate of drug-likeness (QED) is 0.393. The largest absolute Gasteiger partial charge is 0.395 e. The van der Waals surface area contributed by atoms with Crippen LogP contribution in [0.25, 0.3) is 12.2 Å². The van der Waals surface area contributed by atoms with Crippen molar-refractivity contribution in [1.82, 2.24) is 9.97 Å². The fourth-order valence-corrected chi connectivity index (χ4v) is 4.50. The van der Waals surface area contributed by atoms with Crippen LogP contribution in [0.4, 0.5) is 0 Å². The van der Waals surface area contributed by atoms with E-state index < -0.39 is 0 Å². The van der Waals surface area contributed by atoms with E-state index >= 15 is 0 Å². The maximum Gasteiger partial charge on any atom is 0.120 e. The molecule has 6 heteroatoms. The predicted molar refractivity (Wildman–Crippen MR) is 134 cm³/mol. The molecule has 6 nitrogen and oxygen atoms in total. The van der Waals surface area contributed by atoms with Crippen LogP contribution < -0.4 is 0 Å². The van der Waals surface area contributed by atoms with Gasteiger partial charge >= 0.3 is 0 Å². The van der Waals surface area contributed by atoms with Crippen LogP contribution in [0.1, 0.15) is 77.1 Å². The van der Waals surface area contributed by atoms with Gasteiger partial charge in [-0.3, -0.25) is 4.98 Å². The molecule has 0 spiro atoms. The first-order chi connectivity index (χ1) is 16.1. The average Bonchev–Trinajstić information content (AvgIpc) is 2.83. The molecule has 0 amide bonds. The lowest BCUT2D eigenvalue weighted by atomic mass is 9.88. The Hall–Kier alpha value is -3.28. The molecule has 0 aliphatic heterocycles. The van der Waals surface area contributed by atoms with Crippen LogP contribution in [0.5, 0.6) is 0 Å². The number of nitrogens with zero attached hydrogens (tertiary/aromatic N) is 4. The highest BCUT2D eigenvalue weighted by Crippen LogP contribution is 2.28. The van der Waals surface area contributed by atoms with Crippen LogP contribution in [0.3, 0.4) is 0 Å². The highest BCUT2D eigenvalue weighted by molar-refractivity contribution is 6.01. The van der Waals surface area contributed by atoms with Crippen LogP contribution in [0.2, 0.25) is 0 Å². The summed E-state index contributed by atoms with van der Waals surface area (Å²) in [4.78, 5) is 20.7. The number of oxime groups is 2. The third-order valence-electron chi connectivity index (χ3n) is 6.23. The van der Waals surface area contributed by atoms with Crippen molar-refractivity contribution < 1.29 is 9.68 Å². The SMILES string of the molecule is C=Cc1nc2c(c(C)c1C=C)CCC/C2=N\OCCCO/N=C1\CCCc2ccc(C)nc21. The van der Waals surface area contributed by atoms with Crippen molar-refractivity contribution in [3.63, 3.8) is 0 Å². The molecule has 2 aromatic rings. The zero-order valence-corrected chi connectivity index (χ0v) is 19.7. The normalized spacial score (nSPS) is 17.4. The van der Waals surface area contributed by atoms with Crippen LogP contribution in [0, 0.1) is 13.8 Å². The lowest BCUT2D eigenvalue weighted by Gasteiger charge is -2.21. The van der Waals surface area contributed by atoms with Gasteiger partial charge in [0.2, 0.25) is 0 Å². The van der Waals surface area contributed by atoms with Gasteiger partial charge in [-0.05, 0) is 81.2 Å². The van der Waals surface area contributed by atoms with Gasteiger partial charge in [0.25, 0.3) is 0 Å². The summed E-state index contributed by atoms with van der Waals surface area (Å²) >= 11 is 0. The highest BCUT2D eigenvalue weighted by Gasteiger charge is 2.22. The fourth-order valence-electron chi connectivity index (χ4n) is 4.50. The smallest absolute Gasteiger partial charge is 0.120 e. The molecule has 0 fully saturated rings. The molecule has 0 radical (unpaired) electrons. The number of hydrogen-bond acceptors (Lipinski definition) is 6. The summed E-state index contributed by atoms with van der Waals surface area (Å²) in [6.45, 7) is 12.9. The molecule has 4 rings (SSSR count). The van der Waals surface area contributed by atoms with Gasteiger partial charge in [-0.25, -0.2) is 4.98 Å². The molecule has 2 aliphatic rings. The Morgan fingerprint density at radius 2 is 1.58 bits per heavy atom. The number of pyridine rings is 2. The summed E-state index contributed by atoms with van der Waals surface area (Å²) in [7, 11) is 0. The topological polar surface area (TPSA) is 69.0 Å². The molecule has 2 aliphatic carbocycles. The van der Waals surface area contributed by atoms with Crippen LogP contribution >= 0.6 is 0 Å². The third-order valence-corrected chi connectivity index (χ3v) is 6.23. The van der Waals surface area contributed by atoms with Crippen molar-refractivity contribution in [1.29, 1.82) is 0 Å². The first-order valence-electron chi connectivity index (χ1n) is 11.8. The Labute approximate surface area is 196 Å². The Morgan fingerprint density at radius 1 is 0.879 bits per heavy atom. The standard InChI is InChI=1S/C27H32N4O2/c1-5-21-19(4)22-11-8-13-25(27(22)29-23(21)6-2)31-33-17-9-16-32-30-24-12-7-10-20-15-14-18(3)28-26(20)24/h5-6,14-15H,1-2,7-13,16-17H2,3-4H3/b30-24+,31-25+. The Bertz CT molecular complexity index is 1120. The third kappa shape index (κ3) is 5.05. The molecule has 33 heavy (non-hydrogen) atoms. The van der Waals surface area contributed by atoms with Crippen molar-refractivity contribution in [3.05, 3.63) is 70.3 Å². The Kier molecular flexibility index (Phi) is 7.33. The van der Waals surface area contributed by atoms with E-state index in [1.807, 2.05) is 13.0 Å². The van der Waals surface area contributed by atoms with Crippen LogP contribution in [-0.2, 0) is 22.5 Å². The van der Waals surface area contributed by atoms with Gasteiger partial charge in [-0.15, -0.1) is 0 Å². The van der Waals surface area contributed by atoms with Gasteiger partial charge in [-0.1, -0.05) is 35.6 Å². The fraction of sp³-hybridized carbons (Fsp3) is 0.407. The second kappa shape index (κ2) is 10.6. The second-order valence-corrected chi connectivity index (χ2v) is 8.53. The summed E-state index contributed by atoms with van der Waals surface area (Å²) in [6.07, 6.45) is 10.3. The molecule has 0 saturated carbocycles. The minimum absolute atomic E-state index is 0.468. The predicted octanol–water partition coefficient (Wildman–Crippen LogP) is 5.58. The molecule has 2 aromatic heterocycles. The lowest BCUT2D eigenvalue weighted by molar-refractivity contribution is 0.0894. The van der Waals surface area contributed by atoms with Crippen molar-refractivity contribution in [2.75, 3.05) is 13.2 Å². The van der Waals surface area contributed by atoms with Gasteiger partial charge in [0.15, 0.2) is 0 Å². The molecule has 0 N–H and O–H groups in total. The van der Waals surface area contributed by atoms with Crippen molar-refractivity contribution in [3.8, 4) is 0 Å². The zero-order valence-electron chi connectivity index (χ0n) is 19.7. The van der Waals surface area contributed by atoms with E-state index in [1.54, 1.807) is 6.08 Å². The monoisotopic (exact) mass is 444 g/mol. The van der Waals surface area contributed by atoms with Crippen molar-refractivity contribution in [2.24, 2.45) is 10.3 Å². The Balaban J connectivity index is 1.33. The number of aryl methyl sites for hydroxylation is 2. The molecular formula is C27H32N4O2. The molecule has 0 saturated heterocycles. The summed E-state index contributed by atoms with van der Waals surface area (Å²) < 4.78 is 0. The van der Waals surface area contributed by atoms with E-state index in [2.05, 4.69) is 47.5 Å². The average molecular weight is 445 g/mol. The summed E-state index contributed by atoms with van der Waals surface area (Å²) in [5, 5.41) is 8.78. The van der Waals surface area contributed by atoms with E-state index in [0.717, 1.165) is 78.3 Å². The number of aromatic nitrogens is 2. The minimum Gasteiger partial charge on any atom is -0.395 e. The van der Waals surface area contributed by atoms with E-state index in [-0.39, 0.29) is 0 Å². The number of hydrogen-bond donors (Lipinski definition) is 0. The molecule has 0 aromatic carbocycles. The maximum absolute atomic E-state index is 5.63. The highest BCUT2D eigenvalue weighted by atomic mass is 16.6. The molecule has 0 bridgehead atoms. The van der Waals surface area contributed by atoms with Gasteiger partial charge in [0.05, 0.1) is 17.1 Å². The molecule has 0 unspecified atom stereocenters. The number of fused-ring (bicyclic) bond motifs is 2. The molecular weight excluding hydrogens is 412 g/mol. The van der Waals surface area contributed by atoms with E-state index in [0.29, 0.717) is 19.6 Å². The zero-order chi connectivity index (χ0) is 23.2. The second-order valence-electron chi connectivity index (χ2n) is 8.53. The van der Waals surface area contributed by atoms with Gasteiger partial charge in [0, 0.05) is 17.7 Å². The van der Waals surface area contributed by atoms with Crippen molar-refractivity contribution in [2.45, 2.75) is 58.8 Å². The molecule has 2 heterocycles. The summed E-state index contributed by atoms with van der Waals surface area (Å²) in [6, 6.07) is 4.20. The van der Waals surface area contributed by atoms with Gasteiger partial charge in [0.1, 0.15) is 24.6 Å². The van der Waals surface area contributed by atoms with Crippen LogP contribution in [0.15, 0.2) is 35.6 Å². The van der Waals surface area contributed by atoms with E-state index in [1.165, 1.54) is 16.7 Å². The number of rotatable bonds is 8. The molecule has 172 valence electrons. The van der Waals surface area contributed by atoms with E-state index in [9.17, 15) is 0 Å². The summed E-state index contributed by atoms with van der Waals surface area (Å²) in [5.74, 6) is 0. The lowest BCUT2D eigenvalue weighted by Crippen LogP contribution is -2.18. The van der Waals surface area contributed by atoms with Crippen molar-refractivity contribution >= 4 is 23.6 Å². The first-order valence-corrected chi connectivity index (χ1v) is 11.8. The molecule has 0 atom stereocenters. The van der Waals surface area contributed by atoms with E-state index in [4.69, 9.17) is 14.7 Å². The van der Waals surface area contributed by atoms with Gasteiger partial charge in [-0.2, -0.15) is 0 Å². The first kappa shape index (κ1) is 22.9. The Morgan fingerprint density at radius 3 is 2.27 bits per heavy atom. The minimum atomic E-state index is 0.468. The van der Waals surface area contributed by atoms with Gasteiger partial charge < -0.3 is 9.68 Å². The summed E-state index contributed by atoms with van der Waals surface area (Å²) in [5.41, 5.74) is 10.4. The maximum atomic E-state index is 5.63. The van der Waals surface area contributed by atoms with Crippen LogP contribution in [-0.4, -0.2) is 34.6 Å².